The lowest BCUT2D eigenvalue weighted by Gasteiger charge is -2.51. The molecule has 0 aliphatic heterocycles. The Bertz CT molecular complexity index is 421. The second-order valence-corrected chi connectivity index (χ2v) is 4.86. The van der Waals surface area contributed by atoms with E-state index in [2.05, 4.69) is 6.08 Å². The van der Waals surface area contributed by atoms with Gasteiger partial charge in [0, 0.05) is 13.0 Å². The molecule has 0 amide bonds. The van der Waals surface area contributed by atoms with Gasteiger partial charge in [-0.3, -0.25) is 9.59 Å². The molecule has 0 spiro atoms. The van der Waals surface area contributed by atoms with Crippen LogP contribution in [0.3, 0.4) is 0 Å². The van der Waals surface area contributed by atoms with E-state index in [4.69, 9.17) is 4.74 Å². The highest BCUT2D eigenvalue weighted by Gasteiger charge is 2.56. The van der Waals surface area contributed by atoms with E-state index in [-0.39, 0.29) is 29.3 Å². The van der Waals surface area contributed by atoms with Gasteiger partial charge in [-0.25, -0.2) is 0 Å². The lowest BCUT2D eigenvalue weighted by molar-refractivity contribution is -0.150. The Labute approximate surface area is 94.2 Å². The topological polar surface area (TPSA) is 43.4 Å². The number of carbonyl (C=O) groups is 2. The minimum absolute atomic E-state index is 0.0421. The molecule has 16 heavy (non-hydrogen) atoms. The quantitative estimate of drug-likeness (QED) is 0.623. The van der Waals surface area contributed by atoms with Gasteiger partial charge in [-0.15, -0.1) is 0 Å². The van der Waals surface area contributed by atoms with Crippen molar-refractivity contribution in [1.29, 1.82) is 0 Å². The van der Waals surface area contributed by atoms with Gasteiger partial charge in [-0.2, -0.15) is 0 Å². The lowest BCUT2D eigenvalue weighted by atomic mass is 9.56. The molecule has 4 aliphatic rings. The number of allylic oxidation sites excluding steroid dienone is 3. The van der Waals surface area contributed by atoms with Crippen molar-refractivity contribution in [1.82, 2.24) is 0 Å². The molecule has 0 saturated heterocycles. The Kier molecular flexibility index (Phi) is 1.96. The third-order valence-corrected chi connectivity index (χ3v) is 4.27. The first kappa shape index (κ1) is 9.97. The molecule has 0 heterocycles. The summed E-state index contributed by atoms with van der Waals surface area (Å²) < 4.78 is 5.56. The highest BCUT2D eigenvalue weighted by atomic mass is 16.5. The van der Waals surface area contributed by atoms with E-state index in [1.54, 1.807) is 7.11 Å². The number of ether oxygens (including phenoxy) is 1. The van der Waals surface area contributed by atoms with Gasteiger partial charge in [0.05, 0.1) is 11.5 Å². The average molecular weight is 218 g/mol. The van der Waals surface area contributed by atoms with Crippen LogP contribution in [0.1, 0.15) is 12.8 Å². The third kappa shape index (κ3) is 1.07. The van der Waals surface area contributed by atoms with E-state index in [0.717, 1.165) is 12.8 Å². The van der Waals surface area contributed by atoms with Crippen LogP contribution in [0.4, 0.5) is 0 Å². The summed E-state index contributed by atoms with van der Waals surface area (Å²) in [6.45, 7) is 0. The molecule has 1 saturated carbocycles. The fourth-order valence-electron chi connectivity index (χ4n) is 3.44. The highest BCUT2D eigenvalue weighted by molar-refractivity contribution is 6.08. The molecule has 0 aromatic heterocycles. The molecular weight excluding hydrogens is 204 g/mol. The number of rotatable bonds is 1. The van der Waals surface area contributed by atoms with E-state index in [9.17, 15) is 9.59 Å². The first-order valence-electron chi connectivity index (χ1n) is 5.68. The number of carbonyl (C=O) groups excluding carboxylic acids is 2. The second kappa shape index (κ2) is 3.14. The smallest absolute Gasteiger partial charge is 0.162 e. The van der Waals surface area contributed by atoms with Crippen LogP contribution in [0.2, 0.25) is 0 Å². The molecule has 4 aliphatic carbocycles. The fourth-order valence-corrected chi connectivity index (χ4v) is 3.44. The summed E-state index contributed by atoms with van der Waals surface area (Å²) in [4.78, 5) is 23.9. The van der Waals surface area contributed by atoms with Gasteiger partial charge in [0.25, 0.3) is 0 Å². The molecule has 0 radical (unpaired) electrons. The monoisotopic (exact) mass is 218 g/mol. The maximum Gasteiger partial charge on any atom is 0.162 e. The second-order valence-electron chi connectivity index (χ2n) is 4.86. The normalized spacial score (nSPS) is 44.9. The molecule has 0 unspecified atom stereocenters. The zero-order valence-electron chi connectivity index (χ0n) is 9.18. The lowest BCUT2D eigenvalue weighted by Crippen LogP contribution is -2.57. The molecule has 4 atom stereocenters. The predicted octanol–water partition coefficient (Wildman–Crippen LogP) is 1.29. The maximum atomic E-state index is 12.0. The number of hydrogen-bond acceptors (Lipinski definition) is 3. The van der Waals surface area contributed by atoms with E-state index >= 15 is 0 Å². The van der Waals surface area contributed by atoms with Crippen LogP contribution < -0.4 is 0 Å². The summed E-state index contributed by atoms with van der Waals surface area (Å²) >= 11 is 0. The zero-order valence-corrected chi connectivity index (χ0v) is 9.18. The van der Waals surface area contributed by atoms with Crippen LogP contribution in [0.25, 0.3) is 0 Å². The molecule has 0 aromatic rings. The summed E-state index contributed by atoms with van der Waals surface area (Å²) in [5.41, 5.74) is -0.531. The zero-order chi connectivity index (χ0) is 11.3. The van der Waals surface area contributed by atoms with Gasteiger partial charge >= 0.3 is 0 Å². The van der Waals surface area contributed by atoms with Crippen LogP contribution in [-0.4, -0.2) is 24.3 Å². The van der Waals surface area contributed by atoms with Crippen LogP contribution >= 0.6 is 0 Å². The fraction of sp³-hybridized carbons (Fsp3) is 0.538. The number of ketones is 2. The van der Waals surface area contributed by atoms with Crippen LogP contribution in [0, 0.1) is 17.8 Å². The van der Waals surface area contributed by atoms with Gasteiger partial charge in [0.1, 0.15) is 0 Å². The van der Waals surface area contributed by atoms with Crippen LogP contribution in [0.5, 0.6) is 0 Å². The van der Waals surface area contributed by atoms with Gasteiger partial charge in [0.2, 0.25) is 0 Å². The number of hydrogen-bond donors (Lipinski definition) is 0. The van der Waals surface area contributed by atoms with Crippen molar-refractivity contribution in [2.45, 2.75) is 18.4 Å². The SMILES string of the molecule is CO[C@]12C=C[C@H](CC1)[C@H]1C(=O)C=CC(=O)[C@@H]12. The standard InChI is InChI=1S/C13H14O3/c1-16-13-6-4-8(5-7-13)11-9(14)2-3-10(15)12(11)13/h2-4,6,8,11-12H,5,7H2,1H3/t8-,11+,12+,13-/m1/s1. The van der Waals surface area contributed by atoms with Gasteiger partial charge in [-0.1, -0.05) is 12.2 Å². The Morgan fingerprint density at radius 1 is 1.31 bits per heavy atom. The minimum atomic E-state index is -0.531. The summed E-state index contributed by atoms with van der Waals surface area (Å²) in [6, 6.07) is 0. The minimum Gasteiger partial charge on any atom is -0.373 e. The van der Waals surface area contributed by atoms with Gasteiger partial charge in [0.15, 0.2) is 11.6 Å². The third-order valence-electron chi connectivity index (χ3n) is 4.27. The summed E-state index contributed by atoms with van der Waals surface area (Å²) in [5.74, 6) is -0.126. The van der Waals surface area contributed by atoms with Gasteiger partial charge in [-0.05, 0) is 30.9 Å². The van der Waals surface area contributed by atoms with Crippen molar-refractivity contribution in [3.05, 3.63) is 24.3 Å². The van der Waals surface area contributed by atoms with E-state index in [0.29, 0.717) is 0 Å². The summed E-state index contributed by atoms with van der Waals surface area (Å²) in [6.07, 6.45) is 8.68. The van der Waals surface area contributed by atoms with E-state index in [1.807, 2.05) is 6.08 Å². The molecule has 0 aromatic carbocycles. The van der Waals surface area contributed by atoms with Crippen molar-refractivity contribution >= 4 is 11.6 Å². The number of fused-ring (bicyclic) bond motifs is 1. The van der Waals surface area contributed by atoms with Crippen molar-refractivity contribution < 1.29 is 14.3 Å². The van der Waals surface area contributed by atoms with Crippen LogP contribution in [0.15, 0.2) is 24.3 Å². The molecule has 1 fully saturated rings. The Morgan fingerprint density at radius 2 is 2.06 bits per heavy atom. The Morgan fingerprint density at radius 3 is 2.69 bits per heavy atom. The molecule has 84 valence electrons. The first-order valence-corrected chi connectivity index (χ1v) is 5.68. The maximum absolute atomic E-state index is 12.0. The van der Waals surface area contributed by atoms with Crippen molar-refractivity contribution in [2.75, 3.05) is 7.11 Å². The molecule has 0 N–H and O–H groups in total. The summed E-state index contributed by atoms with van der Waals surface area (Å²) in [5, 5.41) is 0. The van der Waals surface area contributed by atoms with Crippen molar-refractivity contribution in [3.8, 4) is 0 Å². The molecule has 4 rings (SSSR count). The first-order chi connectivity index (χ1) is 7.68. The highest BCUT2D eigenvalue weighted by Crippen LogP contribution is 2.51. The predicted molar refractivity (Wildman–Crippen MR) is 57.7 cm³/mol. The summed E-state index contributed by atoms with van der Waals surface area (Å²) in [7, 11) is 1.63. The molecule has 3 nitrogen and oxygen atoms in total. The van der Waals surface area contributed by atoms with Gasteiger partial charge < -0.3 is 4.74 Å². The van der Waals surface area contributed by atoms with E-state index < -0.39 is 5.60 Å². The molecule has 3 heteroatoms. The largest absolute Gasteiger partial charge is 0.373 e. The van der Waals surface area contributed by atoms with Crippen LogP contribution in [-0.2, 0) is 14.3 Å². The van der Waals surface area contributed by atoms with E-state index in [1.165, 1.54) is 12.2 Å². The van der Waals surface area contributed by atoms with Crippen molar-refractivity contribution in [3.63, 3.8) is 0 Å². The Hall–Kier alpha value is -1.22. The average Bonchev–Trinajstić information content (AvgIpc) is 2.35. The Balaban J connectivity index is 2.14. The number of methoxy groups -OCH3 is 1. The van der Waals surface area contributed by atoms with Crippen molar-refractivity contribution in [2.24, 2.45) is 17.8 Å². The molecular formula is C13H14O3. The molecule has 2 bridgehead atoms.